The molecule has 1 amide bonds. The molecule has 0 atom stereocenters. The first-order valence-corrected chi connectivity index (χ1v) is 8.43. The molecule has 3 aromatic rings. The van der Waals surface area contributed by atoms with Gasteiger partial charge >= 0.3 is 5.97 Å². The molecule has 0 spiro atoms. The highest BCUT2D eigenvalue weighted by molar-refractivity contribution is 7.13. The van der Waals surface area contributed by atoms with Crippen LogP contribution in [0.5, 0.6) is 0 Å². The molecule has 0 saturated carbocycles. The minimum Gasteiger partial charge on any atom is -0.454 e. The third kappa shape index (κ3) is 4.65. The predicted octanol–water partition coefficient (Wildman–Crippen LogP) is 2.92. The summed E-state index contributed by atoms with van der Waals surface area (Å²) in [6.07, 6.45) is 0. The lowest BCUT2D eigenvalue weighted by Gasteiger charge is -2.05. The number of rotatable bonds is 6. The lowest BCUT2D eigenvalue weighted by molar-refractivity contribution is -0.144. The second-order valence-corrected chi connectivity index (χ2v) is 6.22. The number of carbonyl (C=O) groups excluding carboxylic acids is 2. The van der Waals surface area contributed by atoms with E-state index >= 15 is 0 Å². The van der Waals surface area contributed by atoms with Crippen molar-refractivity contribution in [3.63, 3.8) is 0 Å². The lowest BCUT2D eigenvalue weighted by atomic mass is 10.2. The van der Waals surface area contributed by atoms with E-state index < -0.39 is 11.9 Å². The third-order valence-corrected chi connectivity index (χ3v) is 4.18. The number of carbonyl (C=O) groups is 2. The number of hydrogen-bond acceptors (Lipinski definition) is 7. The summed E-state index contributed by atoms with van der Waals surface area (Å²) in [5.41, 5.74) is 0.398. The maximum atomic E-state index is 11.9. The van der Waals surface area contributed by atoms with Gasteiger partial charge in [-0.15, -0.1) is 11.3 Å². The first-order valence-electron chi connectivity index (χ1n) is 7.17. The third-order valence-electron chi connectivity index (χ3n) is 3.07. The van der Waals surface area contributed by atoms with Crippen molar-refractivity contribution >= 4 is 34.8 Å². The Balaban J connectivity index is 1.45. The molecular formula is C16H12ClN3O4S. The van der Waals surface area contributed by atoms with Gasteiger partial charge in [-0.05, 0) is 35.7 Å². The Hall–Kier alpha value is -2.71. The van der Waals surface area contributed by atoms with E-state index in [0.29, 0.717) is 16.4 Å². The van der Waals surface area contributed by atoms with Crippen molar-refractivity contribution < 1.29 is 18.8 Å². The summed E-state index contributed by atoms with van der Waals surface area (Å²) < 4.78 is 10.0. The summed E-state index contributed by atoms with van der Waals surface area (Å²) in [5.74, 6) is -0.387. The van der Waals surface area contributed by atoms with Crippen LogP contribution in [0.4, 0.5) is 0 Å². The van der Waals surface area contributed by atoms with Crippen LogP contribution in [0.3, 0.4) is 0 Å². The van der Waals surface area contributed by atoms with Crippen LogP contribution in [0.2, 0.25) is 5.02 Å². The van der Waals surface area contributed by atoms with Gasteiger partial charge in [0.1, 0.15) is 6.54 Å². The summed E-state index contributed by atoms with van der Waals surface area (Å²) in [4.78, 5) is 28.6. The average Bonchev–Trinajstić information content (AvgIpc) is 3.29. The van der Waals surface area contributed by atoms with E-state index in [0.717, 1.165) is 4.88 Å². The number of nitrogens with zero attached hydrogens (tertiary/aromatic N) is 2. The molecule has 0 radical (unpaired) electrons. The van der Waals surface area contributed by atoms with Crippen LogP contribution in [0.25, 0.3) is 10.7 Å². The van der Waals surface area contributed by atoms with Gasteiger partial charge in [-0.2, -0.15) is 4.98 Å². The maximum Gasteiger partial charge on any atom is 0.325 e. The molecule has 2 heterocycles. The van der Waals surface area contributed by atoms with Crippen LogP contribution in [0.1, 0.15) is 16.2 Å². The van der Waals surface area contributed by atoms with Gasteiger partial charge in [0.15, 0.2) is 6.61 Å². The summed E-state index contributed by atoms with van der Waals surface area (Å²) >= 11 is 7.23. The largest absolute Gasteiger partial charge is 0.454 e. The van der Waals surface area contributed by atoms with E-state index in [1.165, 1.54) is 11.3 Å². The second-order valence-electron chi connectivity index (χ2n) is 4.84. The van der Waals surface area contributed by atoms with Gasteiger partial charge in [0, 0.05) is 10.6 Å². The SMILES string of the molecule is O=C(CNC(=O)c1ccc(Cl)cc1)OCc1nc(-c2cccs2)no1. The topological polar surface area (TPSA) is 94.3 Å². The lowest BCUT2D eigenvalue weighted by Crippen LogP contribution is -2.30. The molecule has 0 unspecified atom stereocenters. The van der Waals surface area contributed by atoms with Crippen molar-refractivity contribution in [1.29, 1.82) is 0 Å². The molecule has 0 aliphatic heterocycles. The van der Waals surface area contributed by atoms with Crippen molar-refractivity contribution in [1.82, 2.24) is 15.5 Å². The molecule has 0 saturated heterocycles. The summed E-state index contributed by atoms with van der Waals surface area (Å²) in [7, 11) is 0. The highest BCUT2D eigenvalue weighted by Crippen LogP contribution is 2.21. The smallest absolute Gasteiger partial charge is 0.325 e. The fraction of sp³-hybridized carbons (Fsp3) is 0.125. The van der Waals surface area contributed by atoms with Crippen molar-refractivity contribution in [2.24, 2.45) is 0 Å². The Kier molecular flexibility index (Phi) is 5.42. The van der Waals surface area contributed by atoms with Crippen molar-refractivity contribution in [2.75, 3.05) is 6.54 Å². The van der Waals surface area contributed by atoms with E-state index in [9.17, 15) is 9.59 Å². The van der Waals surface area contributed by atoms with Gasteiger partial charge in [-0.25, -0.2) is 0 Å². The molecule has 128 valence electrons. The van der Waals surface area contributed by atoms with Gasteiger partial charge in [-0.3, -0.25) is 9.59 Å². The second kappa shape index (κ2) is 7.91. The Labute approximate surface area is 151 Å². The molecule has 1 N–H and O–H groups in total. The molecule has 0 fully saturated rings. The fourth-order valence-corrected chi connectivity index (χ4v) is 2.64. The van der Waals surface area contributed by atoms with E-state index in [4.69, 9.17) is 20.9 Å². The number of nitrogens with one attached hydrogen (secondary N) is 1. The molecule has 9 heteroatoms. The standard InChI is InChI=1S/C16H12ClN3O4S/c17-11-5-3-10(4-6-11)16(22)18-8-14(21)23-9-13-19-15(20-24-13)12-2-1-7-25-12/h1-7H,8-9H2,(H,18,22). The molecule has 7 nitrogen and oxygen atoms in total. The van der Waals surface area contributed by atoms with Gasteiger partial charge in [0.05, 0.1) is 4.88 Å². The molecule has 0 bridgehead atoms. The molecular weight excluding hydrogens is 366 g/mol. The molecule has 3 rings (SSSR count). The van der Waals surface area contributed by atoms with Gasteiger partial charge in [0.2, 0.25) is 5.82 Å². The number of hydrogen-bond donors (Lipinski definition) is 1. The first kappa shape index (κ1) is 17.1. The van der Waals surface area contributed by atoms with Crippen molar-refractivity contribution in [3.8, 4) is 10.7 Å². The highest BCUT2D eigenvalue weighted by Gasteiger charge is 2.13. The number of aromatic nitrogens is 2. The monoisotopic (exact) mass is 377 g/mol. The normalized spacial score (nSPS) is 10.4. The van der Waals surface area contributed by atoms with Crippen LogP contribution in [0.15, 0.2) is 46.3 Å². The zero-order valence-electron chi connectivity index (χ0n) is 12.8. The fourth-order valence-electron chi connectivity index (χ4n) is 1.87. The van der Waals surface area contributed by atoms with Crippen LogP contribution < -0.4 is 5.32 Å². The molecule has 2 aromatic heterocycles. The number of halogens is 1. The van der Waals surface area contributed by atoms with Crippen LogP contribution in [0, 0.1) is 0 Å². The van der Waals surface area contributed by atoms with Crippen LogP contribution in [-0.2, 0) is 16.1 Å². The Morgan fingerprint density at radius 1 is 1.24 bits per heavy atom. The quantitative estimate of drug-likeness (QED) is 0.664. The number of ether oxygens (including phenoxy) is 1. The van der Waals surface area contributed by atoms with Gasteiger partial charge in [0.25, 0.3) is 11.8 Å². The maximum absolute atomic E-state index is 11.9. The molecule has 25 heavy (non-hydrogen) atoms. The van der Waals surface area contributed by atoms with E-state index in [-0.39, 0.29) is 19.0 Å². The molecule has 0 aliphatic carbocycles. The molecule has 0 aliphatic rings. The zero-order valence-corrected chi connectivity index (χ0v) is 14.3. The zero-order chi connectivity index (χ0) is 17.6. The predicted molar refractivity (Wildman–Crippen MR) is 91.2 cm³/mol. The van der Waals surface area contributed by atoms with Crippen molar-refractivity contribution in [3.05, 3.63) is 58.3 Å². The Bertz CT molecular complexity index is 862. The first-order chi connectivity index (χ1) is 12.1. The highest BCUT2D eigenvalue weighted by atomic mass is 35.5. The number of amides is 1. The Morgan fingerprint density at radius 3 is 2.76 bits per heavy atom. The minimum absolute atomic E-state index is 0.159. The van der Waals surface area contributed by atoms with Crippen molar-refractivity contribution in [2.45, 2.75) is 6.61 Å². The summed E-state index contributed by atoms with van der Waals surface area (Å²) in [6, 6.07) is 10.0. The summed E-state index contributed by atoms with van der Waals surface area (Å²) in [5, 5.41) is 8.69. The number of thiophene rings is 1. The summed E-state index contributed by atoms with van der Waals surface area (Å²) in [6.45, 7) is -0.429. The van der Waals surface area contributed by atoms with Gasteiger partial charge < -0.3 is 14.6 Å². The van der Waals surface area contributed by atoms with Crippen LogP contribution in [-0.4, -0.2) is 28.6 Å². The minimum atomic E-state index is -0.613. The van der Waals surface area contributed by atoms with E-state index in [1.807, 2.05) is 17.5 Å². The number of esters is 1. The Morgan fingerprint density at radius 2 is 2.04 bits per heavy atom. The van der Waals surface area contributed by atoms with Crippen LogP contribution >= 0.6 is 22.9 Å². The van der Waals surface area contributed by atoms with Gasteiger partial charge in [-0.1, -0.05) is 22.8 Å². The molecule has 1 aromatic carbocycles. The van der Waals surface area contributed by atoms with E-state index in [2.05, 4.69) is 15.5 Å². The number of benzene rings is 1. The van der Waals surface area contributed by atoms with E-state index in [1.54, 1.807) is 24.3 Å². The average molecular weight is 378 g/mol.